The predicted molar refractivity (Wildman–Crippen MR) is 67.5 cm³/mol. The van der Waals surface area contributed by atoms with E-state index in [1.165, 1.54) is 25.7 Å². The fourth-order valence-corrected chi connectivity index (χ4v) is 3.30. The number of carbonyl (C=O) groups excluding carboxylic acids is 1. The van der Waals surface area contributed by atoms with Gasteiger partial charge in [-0.05, 0) is 50.9 Å². The summed E-state index contributed by atoms with van der Waals surface area (Å²) in [4.78, 5) is 10.9. The van der Waals surface area contributed by atoms with Gasteiger partial charge in [-0.3, -0.25) is 0 Å². The number of cyclic esters (lactones) is 1. The van der Waals surface area contributed by atoms with Crippen molar-refractivity contribution in [2.75, 3.05) is 6.61 Å². The van der Waals surface area contributed by atoms with Crippen molar-refractivity contribution in [2.45, 2.75) is 57.2 Å². The minimum atomic E-state index is -0.0928. The Balaban J connectivity index is 1.26. The summed E-state index contributed by atoms with van der Waals surface area (Å²) in [5.41, 5.74) is 0. The molecule has 0 N–H and O–H groups in total. The van der Waals surface area contributed by atoms with Crippen LogP contribution >= 0.6 is 0 Å². The molecular formula is C15H22O3. The molecule has 18 heavy (non-hydrogen) atoms. The van der Waals surface area contributed by atoms with Crippen molar-refractivity contribution in [3.63, 3.8) is 0 Å². The maximum Gasteiger partial charge on any atom is 0.348 e. The van der Waals surface area contributed by atoms with Gasteiger partial charge in [-0.2, -0.15) is 0 Å². The second-order valence-electron chi connectivity index (χ2n) is 5.86. The van der Waals surface area contributed by atoms with Crippen molar-refractivity contribution in [3.8, 4) is 0 Å². The maximum atomic E-state index is 10.9. The summed E-state index contributed by atoms with van der Waals surface area (Å²) in [6.07, 6.45) is 13.5. The summed E-state index contributed by atoms with van der Waals surface area (Å²) in [7, 11) is 0. The molecule has 1 aliphatic heterocycles. The molecule has 3 nitrogen and oxygen atoms in total. The zero-order valence-electron chi connectivity index (χ0n) is 10.8. The van der Waals surface area contributed by atoms with Crippen LogP contribution in [0.1, 0.15) is 44.9 Å². The van der Waals surface area contributed by atoms with Gasteiger partial charge in [-0.15, -0.1) is 0 Å². The van der Waals surface area contributed by atoms with Crippen molar-refractivity contribution < 1.29 is 14.3 Å². The first-order valence-electron chi connectivity index (χ1n) is 7.30. The molecule has 0 aromatic rings. The van der Waals surface area contributed by atoms with Crippen LogP contribution in [0.3, 0.4) is 0 Å². The molecule has 3 heteroatoms. The fraction of sp³-hybridized carbons (Fsp3) is 0.800. The molecule has 3 atom stereocenters. The molecule has 1 saturated heterocycles. The van der Waals surface area contributed by atoms with E-state index in [1.54, 1.807) is 0 Å². The van der Waals surface area contributed by atoms with Crippen molar-refractivity contribution >= 4 is 5.97 Å². The van der Waals surface area contributed by atoms with Crippen molar-refractivity contribution in [1.29, 1.82) is 0 Å². The van der Waals surface area contributed by atoms with Gasteiger partial charge in [0.25, 0.3) is 0 Å². The second kappa shape index (κ2) is 5.60. The lowest BCUT2D eigenvalue weighted by atomic mass is 9.98. The minimum absolute atomic E-state index is 0.00885. The Morgan fingerprint density at radius 3 is 2.89 bits per heavy atom. The van der Waals surface area contributed by atoms with Gasteiger partial charge in [-0.25, -0.2) is 4.79 Å². The quantitative estimate of drug-likeness (QED) is 0.537. The summed E-state index contributed by atoms with van der Waals surface area (Å²) >= 11 is 0. The average Bonchev–Trinajstić information content (AvgIpc) is 2.86. The third kappa shape index (κ3) is 3.05. The van der Waals surface area contributed by atoms with Gasteiger partial charge in [0.1, 0.15) is 0 Å². The number of rotatable bonds is 6. The Kier molecular flexibility index (Phi) is 3.88. The highest BCUT2D eigenvalue weighted by atomic mass is 16.6. The number of hydrogen-bond acceptors (Lipinski definition) is 3. The van der Waals surface area contributed by atoms with Crippen LogP contribution in [0.4, 0.5) is 0 Å². The zero-order valence-corrected chi connectivity index (χ0v) is 10.8. The van der Waals surface area contributed by atoms with Gasteiger partial charge in [0.15, 0.2) is 0 Å². The van der Waals surface area contributed by atoms with E-state index in [1.807, 2.05) is 0 Å². The van der Waals surface area contributed by atoms with Gasteiger partial charge in [0.05, 0.1) is 12.7 Å². The average molecular weight is 250 g/mol. The fourth-order valence-electron chi connectivity index (χ4n) is 3.30. The van der Waals surface area contributed by atoms with Crippen LogP contribution in [0.15, 0.2) is 0 Å². The Morgan fingerprint density at radius 1 is 1.39 bits per heavy atom. The largest absolute Gasteiger partial charge is 0.447 e. The van der Waals surface area contributed by atoms with Crippen molar-refractivity contribution in [1.82, 2.24) is 0 Å². The molecule has 0 spiro atoms. The van der Waals surface area contributed by atoms with E-state index in [0.717, 1.165) is 25.9 Å². The molecule has 2 saturated carbocycles. The van der Waals surface area contributed by atoms with E-state index in [9.17, 15) is 4.79 Å². The van der Waals surface area contributed by atoms with Gasteiger partial charge >= 0.3 is 5.97 Å². The van der Waals surface area contributed by atoms with E-state index in [4.69, 9.17) is 9.47 Å². The van der Waals surface area contributed by atoms with Crippen LogP contribution in [0.25, 0.3) is 0 Å². The van der Waals surface area contributed by atoms with E-state index >= 15 is 0 Å². The molecule has 2 aliphatic carbocycles. The number of ether oxygens (including phenoxy) is 2. The van der Waals surface area contributed by atoms with Crippen LogP contribution in [0, 0.1) is 24.7 Å². The SMILES string of the molecule is O=C1OC1C1[CH]CC(C[CH]COC2CCCC2)C1. The lowest BCUT2D eigenvalue weighted by Gasteiger charge is -2.12. The Bertz CT molecular complexity index is 296. The molecule has 3 rings (SSSR count). The Morgan fingerprint density at radius 2 is 2.17 bits per heavy atom. The lowest BCUT2D eigenvalue weighted by Crippen LogP contribution is -2.10. The third-order valence-electron chi connectivity index (χ3n) is 4.44. The van der Waals surface area contributed by atoms with E-state index in [2.05, 4.69) is 12.8 Å². The molecule has 3 aliphatic rings. The van der Waals surface area contributed by atoms with Crippen molar-refractivity contribution in [2.24, 2.45) is 11.8 Å². The van der Waals surface area contributed by atoms with Gasteiger partial charge in [0.2, 0.25) is 6.10 Å². The second-order valence-corrected chi connectivity index (χ2v) is 5.86. The molecule has 0 amide bonds. The Labute approximate surface area is 109 Å². The van der Waals surface area contributed by atoms with Gasteiger partial charge in [-0.1, -0.05) is 12.8 Å². The summed E-state index contributed by atoms with van der Waals surface area (Å²) in [5.74, 6) is 1.07. The highest BCUT2D eigenvalue weighted by Gasteiger charge is 2.47. The first-order valence-corrected chi connectivity index (χ1v) is 7.30. The molecular weight excluding hydrogens is 228 g/mol. The monoisotopic (exact) mass is 250 g/mol. The summed E-state index contributed by atoms with van der Waals surface area (Å²) in [6.45, 7) is 0.796. The number of hydrogen-bond donors (Lipinski definition) is 0. The topological polar surface area (TPSA) is 38.8 Å². The smallest absolute Gasteiger partial charge is 0.348 e. The molecule has 0 aromatic carbocycles. The summed E-state index contributed by atoms with van der Waals surface area (Å²) in [6, 6.07) is 0. The van der Waals surface area contributed by atoms with Crippen LogP contribution < -0.4 is 0 Å². The van der Waals surface area contributed by atoms with Gasteiger partial charge in [0, 0.05) is 5.92 Å². The standard InChI is InChI=1S/C15H22O3/c16-15-14(18-15)12-8-7-11(10-12)4-3-9-17-13-5-1-2-6-13/h3,8,11-14H,1-2,4-7,9-10H2. The summed E-state index contributed by atoms with van der Waals surface area (Å²) < 4.78 is 10.8. The molecule has 1 heterocycles. The molecule has 3 fully saturated rings. The highest BCUT2D eigenvalue weighted by Crippen LogP contribution is 2.40. The molecule has 100 valence electrons. The minimum Gasteiger partial charge on any atom is -0.447 e. The first kappa shape index (κ1) is 12.5. The molecule has 3 unspecified atom stereocenters. The zero-order chi connectivity index (χ0) is 12.4. The number of epoxide rings is 1. The molecule has 0 bridgehead atoms. The highest BCUT2D eigenvalue weighted by molar-refractivity contribution is 5.87. The predicted octanol–water partition coefficient (Wildman–Crippen LogP) is 2.70. The van der Waals surface area contributed by atoms with E-state index in [0.29, 0.717) is 17.9 Å². The third-order valence-corrected chi connectivity index (χ3v) is 4.44. The molecule has 0 aromatic heterocycles. The van der Waals surface area contributed by atoms with Crippen LogP contribution in [0.2, 0.25) is 0 Å². The van der Waals surface area contributed by atoms with E-state index in [-0.39, 0.29) is 12.1 Å². The Hall–Kier alpha value is -0.570. The van der Waals surface area contributed by atoms with Crippen LogP contribution in [0.5, 0.6) is 0 Å². The lowest BCUT2D eigenvalue weighted by molar-refractivity contribution is -0.117. The van der Waals surface area contributed by atoms with Crippen LogP contribution in [-0.2, 0) is 14.3 Å². The van der Waals surface area contributed by atoms with Gasteiger partial charge < -0.3 is 9.47 Å². The normalized spacial score (nSPS) is 36.0. The summed E-state index contributed by atoms with van der Waals surface area (Å²) in [5, 5.41) is 0. The van der Waals surface area contributed by atoms with E-state index < -0.39 is 0 Å². The first-order chi connectivity index (χ1) is 8.83. The maximum absolute atomic E-state index is 10.9. The van der Waals surface area contributed by atoms with Crippen LogP contribution in [-0.4, -0.2) is 24.8 Å². The number of carbonyl (C=O) groups is 1. The molecule has 2 radical (unpaired) electrons. The van der Waals surface area contributed by atoms with Crippen molar-refractivity contribution in [3.05, 3.63) is 12.8 Å².